The van der Waals surface area contributed by atoms with Crippen LogP contribution in [0.5, 0.6) is 5.75 Å². The molecule has 0 spiro atoms. The molecule has 6 heteroatoms. The van der Waals surface area contributed by atoms with Crippen LogP contribution in [0, 0.1) is 16.7 Å². The molecule has 1 saturated carbocycles. The molecule has 1 aromatic rings. The number of benzene rings is 1. The van der Waals surface area contributed by atoms with Gasteiger partial charge < -0.3 is 10.1 Å². The van der Waals surface area contributed by atoms with Crippen molar-refractivity contribution < 1.29 is 19.1 Å². The number of nitrogens with zero attached hydrogens (tertiary/aromatic N) is 1. The number of hydrogen-bond acceptors (Lipinski definition) is 4. The van der Waals surface area contributed by atoms with Gasteiger partial charge in [0, 0.05) is 5.92 Å². The zero-order chi connectivity index (χ0) is 18.4. The van der Waals surface area contributed by atoms with E-state index in [9.17, 15) is 14.4 Å². The summed E-state index contributed by atoms with van der Waals surface area (Å²) >= 11 is 0. The molecule has 1 aliphatic heterocycles. The van der Waals surface area contributed by atoms with Crippen molar-refractivity contribution in [2.24, 2.45) is 16.7 Å². The molecule has 2 bridgehead atoms. The lowest BCUT2D eigenvalue weighted by atomic mass is 9.62. The molecule has 2 fully saturated rings. The number of fused-ring (bicyclic) bond motifs is 2. The normalized spacial score (nSPS) is 27.4. The highest BCUT2D eigenvalue weighted by molar-refractivity contribution is 6.07. The Labute approximate surface area is 147 Å². The zero-order valence-electron chi connectivity index (χ0n) is 15.1. The number of hydrogen-bond donors (Lipinski definition) is 1. The van der Waals surface area contributed by atoms with Crippen molar-refractivity contribution in [1.82, 2.24) is 4.90 Å². The summed E-state index contributed by atoms with van der Waals surface area (Å²) in [5.41, 5.74) is -0.464. The zero-order valence-corrected chi connectivity index (χ0v) is 15.1. The highest BCUT2D eigenvalue weighted by Crippen LogP contribution is 2.59. The fourth-order valence-corrected chi connectivity index (χ4v) is 4.13. The van der Waals surface area contributed by atoms with Crippen molar-refractivity contribution in [3.63, 3.8) is 0 Å². The van der Waals surface area contributed by atoms with Gasteiger partial charge in [0.05, 0.1) is 18.2 Å². The number of carbonyl (C=O) groups excluding carboxylic acids is 3. The molecule has 1 N–H and O–H groups in total. The first-order valence-electron chi connectivity index (χ1n) is 8.51. The number of likely N-dealkylation sites (tertiary alicyclic amines) is 1. The minimum Gasteiger partial charge on any atom is -0.495 e. The van der Waals surface area contributed by atoms with Crippen LogP contribution in [0.1, 0.15) is 33.6 Å². The molecule has 25 heavy (non-hydrogen) atoms. The third kappa shape index (κ3) is 2.51. The first-order valence-corrected chi connectivity index (χ1v) is 8.51. The van der Waals surface area contributed by atoms with Gasteiger partial charge in [-0.05, 0) is 30.4 Å². The van der Waals surface area contributed by atoms with E-state index < -0.39 is 11.3 Å². The van der Waals surface area contributed by atoms with E-state index in [2.05, 4.69) is 5.32 Å². The van der Waals surface area contributed by atoms with Gasteiger partial charge in [0.25, 0.3) is 0 Å². The average molecular weight is 344 g/mol. The largest absolute Gasteiger partial charge is 0.495 e. The fourth-order valence-electron chi connectivity index (χ4n) is 4.13. The van der Waals surface area contributed by atoms with Gasteiger partial charge in [-0.2, -0.15) is 0 Å². The Balaban J connectivity index is 1.78. The molecular formula is C19H24N2O4. The van der Waals surface area contributed by atoms with Gasteiger partial charge >= 0.3 is 0 Å². The summed E-state index contributed by atoms with van der Waals surface area (Å²) in [7, 11) is 1.52. The second-order valence-electron chi connectivity index (χ2n) is 7.62. The van der Waals surface area contributed by atoms with Gasteiger partial charge in [-0.25, -0.2) is 0 Å². The van der Waals surface area contributed by atoms with E-state index in [0.717, 1.165) is 4.90 Å². The van der Waals surface area contributed by atoms with Crippen LogP contribution in [-0.4, -0.2) is 36.3 Å². The molecule has 134 valence electrons. The summed E-state index contributed by atoms with van der Waals surface area (Å²) < 4.78 is 5.20. The van der Waals surface area contributed by atoms with Crippen molar-refractivity contribution in [3.8, 4) is 5.75 Å². The van der Waals surface area contributed by atoms with Crippen LogP contribution in [0.15, 0.2) is 24.3 Å². The van der Waals surface area contributed by atoms with Crippen LogP contribution in [-0.2, 0) is 14.4 Å². The third-order valence-corrected chi connectivity index (χ3v) is 6.19. The van der Waals surface area contributed by atoms with Gasteiger partial charge in [-0.1, -0.05) is 32.9 Å². The van der Waals surface area contributed by atoms with E-state index in [-0.39, 0.29) is 29.7 Å². The maximum atomic E-state index is 12.9. The average Bonchev–Trinajstić information content (AvgIpc) is 2.76. The number of amides is 3. The second-order valence-corrected chi connectivity index (χ2v) is 7.62. The number of anilines is 1. The Kier molecular flexibility index (Phi) is 4.09. The Morgan fingerprint density at radius 1 is 1.28 bits per heavy atom. The molecule has 1 saturated heterocycles. The summed E-state index contributed by atoms with van der Waals surface area (Å²) in [6.45, 7) is 5.60. The number of ether oxygens (including phenoxy) is 1. The van der Waals surface area contributed by atoms with Gasteiger partial charge in [0.15, 0.2) is 0 Å². The molecule has 2 unspecified atom stereocenters. The first-order chi connectivity index (χ1) is 11.7. The van der Waals surface area contributed by atoms with Gasteiger partial charge in [-0.3, -0.25) is 19.3 Å². The molecule has 1 heterocycles. The Bertz CT molecular complexity index is 743. The number of rotatable bonds is 4. The van der Waals surface area contributed by atoms with Crippen LogP contribution in [0.25, 0.3) is 0 Å². The second kappa shape index (κ2) is 5.86. The van der Waals surface area contributed by atoms with E-state index in [1.165, 1.54) is 7.11 Å². The maximum Gasteiger partial charge on any atom is 0.244 e. The monoisotopic (exact) mass is 344 g/mol. The van der Waals surface area contributed by atoms with Crippen LogP contribution in [0.4, 0.5) is 5.69 Å². The van der Waals surface area contributed by atoms with E-state index in [1.807, 2.05) is 20.8 Å². The van der Waals surface area contributed by atoms with Crippen molar-refractivity contribution in [2.45, 2.75) is 33.6 Å². The topological polar surface area (TPSA) is 75.7 Å². The van der Waals surface area contributed by atoms with Crippen molar-refractivity contribution in [1.29, 1.82) is 0 Å². The Morgan fingerprint density at radius 3 is 2.64 bits per heavy atom. The number of para-hydroxylation sites is 2. The molecule has 3 amide bonds. The van der Waals surface area contributed by atoms with Crippen LogP contribution >= 0.6 is 0 Å². The number of carbonyl (C=O) groups is 3. The Morgan fingerprint density at radius 2 is 1.96 bits per heavy atom. The van der Waals surface area contributed by atoms with Gasteiger partial charge in [-0.15, -0.1) is 0 Å². The predicted octanol–water partition coefficient (Wildman–Crippen LogP) is 2.45. The van der Waals surface area contributed by atoms with Crippen molar-refractivity contribution in [3.05, 3.63) is 24.3 Å². The molecule has 0 radical (unpaired) electrons. The van der Waals surface area contributed by atoms with E-state index in [1.54, 1.807) is 24.3 Å². The number of piperidine rings is 1. The molecule has 0 aromatic heterocycles. The number of imide groups is 1. The third-order valence-electron chi connectivity index (χ3n) is 6.19. The summed E-state index contributed by atoms with van der Waals surface area (Å²) in [5, 5.41) is 2.72. The van der Waals surface area contributed by atoms with Crippen molar-refractivity contribution >= 4 is 23.4 Å². The van der Waals surface area contributed by atoms with Gasteiger partial charge in [0.1, 0.15) is 12.3 Å². The maximum absolute atomic E-state index is 12.9. The summed E-state index contributed by atoms with van der Waals surface area (Å²) in [4.78, 5) is 39.3. The molecule has 2 aliphatic rings. The lowest BCUT2D eigenvalue weighted by molar-refractivity contribution is -0.168. The first kappa shape index (κ1) is 17.5. The standard InChI is InChI=1S/C19H24N2O4/c1-18(2)12-9-10-19(18,3)17(24)21(16(12)23)11-15(22)20-13-7-5-6-8-14(13)25-4/h5-8,12H,9-11H2,1-4H3,(H,20,22). The van der Waals surface area contributed by atoms with Crippen molar-refractivity contribution in [2.75, 3.05) is 19.0 Å². The quantitative estimate of drug-likeness (QED) is 0.851. The smallest absolute Gasteiger partial charge is 0.244 e. The number of methoxy groups -OCH3 is 1. The van der Waals surface area contributed by atoms with E-state index in [0.29, 0.717) is 24.3 Å². The Hall–Kier alpha value is -2.37. The fraction of sp³-hybridized carbons (Fsp3) is 0.526. The molecule has 3 rings (SSSR count). The molecule has 1 aliphatic carbocycles. The van der Waals surface area contributed by atoms with Crippen LogP contribution in [0.3, 0.4) is 0 Å². The summed E-state index contributed by atoms with van der Waals surface area (Å²) in [5.74, 6) is -0.574. The summed E-state index contributed by atoms with van der Waals surface area (Å²) in [6.07, 6.45) is 1.37. The van der Waals surface area contributed by atoms with E-state index in [4.69, 9.17) is 4.74 Å². The summed E-state index contributed by atoms with van der Waals surface area (Å²) in [6, 6.07) is 7.02. The van der Waals surface area contributed by atoms with E-state index >= 15 is 0 Å². The highest BCUT2D eigenvalue weighted by Gasteiger charge is 2.64. The lowest BCUT2D eigenvalue weighted by Gasteiger charge is -2.47. The minimum absolute atomic E-state index is 0.214. The SMILES string of the molecule is COc1ccccc1NC(=O)CN1C(=O)C2CCC(C)(C1=O)C2(C)C. The highest BCUT2D eigenvalue weighted by atomic mass is 16.5. The molecule has 2 atom stereocenters. The van der Waals surface area contributed by atoms with Crippen LogP contribution in [0.2, 0.25) is 0 Å². The number of nitrogens with one attached hydrogen (secondary N) is 1. The minimum atomic E-state index is -0.601. The predicted molar refractivity (Wildman–Crippen MR) is 93.0 cm³/mol. The van der Waals surface area contributed by atoms with Crippen LogP contribution < -0.4 is 10.1 Å². The van der Waals surface area contributed by atoms with Gasteiger partial charge in [0.2, 0.25) is 17.7 Å². The lowest BCUT2D eigenvalue weighted by Crippen LogP contribution is -2.60. The molecule has 6 nitrogen and oxygen atoms in total. The molecule has 1 aromatic carbocycles. The molecular weight excluding hydrogens is 320 g/mol.